The molecule has 4 aromatic rings. The standard InChI is InChI=1S/C28H25FN2O2/c29-23-10-19-2-1-7-30-27(19)26(15-23)18-5-3-17-9-20(6-4-16(17)8-18)28(33)31-24-11-21-13-25(32)14-22(21)12-24/h1-10,15,21-22,24-25,32H,11-14H2,(H,31,33)/t21-,22+,24?,25?. The number of aliphatic hydroxyl groups is 1. The van der Waals surface area contributed by atoms with E-state index in [1.165, 1.54) is 12.1 Å². The highest BCUT2D eigenvalue weighted by atomic mass is 19.1. The summed E-state index contributed by atoms with van der Waals surface area (Å²) >= 11 is 0. The van der Waals surface area contributed by atoms with Crippen molar-refractivity contribution in [1.29, 1.82) is 0 Å². The summed E-state index contributed by atoms with van der Waals surface area (Å²) < 4.78 is 14.2. The van der Waals surface area contributed by atoms with E-state index < -0.39 is 0 Å². The van der Waals surface area contributed by atoms with Crippen LogP contribution in [-0.4, -0.2) is 28.1 Å². The van der Waals surface area contributed by atoms with E-state index in [0.29, 0.717) is 17.4 Å². The molecule has 6 rings (SSSR count). The van der Waals surface area contributed by atoms with Crippen LogP contribution in [0.1, 0.15) is 36.0 Å². The van der Waals surface area contributed by atoms with Crippen LogP contribution < -0.4 is 5.32 Å². The van der Waals surface area contributed by atoms with Crippen LogP contribution in [0.2, 0.25) is 0 Å². The van der Waals surface area contributed by atoms with Gasteiger partial charge in [-0.25, -0.2) is 4.39 Å². The van der Waals surface area contributed by atoms with E-state index in [1.54, 1.807) is 12.3 Å². The largest absolute Gasteiger partial charge is 0.393 e. The van der Waals surface area contributed by atoms with Gasteiger partial charge in [0.15, 0.2) is 0 Å². The number of amides is 1. The molecular weight excluding hydrogens is 415 g/mol. The molecule has 2 saturated carbocycles. The third-order valence-electron chi connectivity index (χ3n) is 7.41. The quantitative estimate of drug-likeness (QED) is 0.444. The molecule has 2 aliphatic carbocycles. The van der Waals surface area contributed by atoms with E-state index in [9.17, 15) is 14.3 Å². The summed E-state index contributed by atoms with van der Waals surface area (Å²) in [6.45, 7) is 0. The molecule has 2 aliphatic rings. The molecule has 1 heterocycles. The van der Waals surface area contributed by atoms with Crippen LogP contribution >= 0.6 is 0 Å². The lowest BCUT2D eigenvalue weighted by Crippen LogP contribution is -2.33. The number of hydrogen-bond donors (Lipinski definition) is 2. The predicted octanol–water partition coefficient (Wildman–Crippen LogP) is 5.47. The minimum Gasteiger partial charge on any atom is -0.393 e. The van der Waals surface area contributed by atoms with Gasteiger partial charge in [-0.05, 0) is 90.3 Å². The zero-order valence-corrected chi connectivity index (χ0v) is 18.2. The topological polar surface area (TPSA) is 62.2 Å². The Hall–Kier alpha value is -3.31. The lowest BCUT2D eigenvalue weighted by atomic mass is 9.97. The summed E-state index contributed by atoms with van der Waals surface area (Å²) in [5, 5.41) is 15.7. The molecule has 0 aliphatic heterocycles. The van der Waals surface area contributed by atoms with E-state index in [0.717, 1.165) is 58.5 Å². The van der Waals surface area contributed by atoms with Crippen molar-refractivity contribution in [3.05, 3.63) is 78.2 Å². The van der Waals surface area contributed by atoms with Crippen LogP contribution in [0.5, 0.6) is 0 Å². The molecule has 0 spiro atoms. The summed E-state index contributed by atoms with van der Waals surface area (Å²) in [5.74, 6) is 0.734. The van der Waals surface area contributed by atoms with Gasteiger partial charge in [0, 0.05) is 28.8 Å². The Morgan fingerprint density at radius 3 is 2.48 bits per heavy atom. The molecule has 2 unspecified atom stereocenters. The highest BCUT2D eigenvalue weighted by Gasteiger charge is 2.41. The van der Waals surface area contributed by atoms with E-state index >= 15 is 0 Å². The molecule has 0 saturated heterocycles. The number of fused-ring (bicyclic) bond motifs is 3. The lowest BCUT2D eigenvalue weighted by molar-refractivity contribution is 0.0934. The third-order valence-corrected chi connectivity index (χ3v) is 7.41. The monoisotopic (exact) mass is 440 g/mol. The SMILES string of the molecule is O=C(NC1C[C@H]2CC(O)C[C@H]2C1)c1ccc2cc(-c3cc(F)cc4cccnc34)ccc2c1. The summed E-state index contributed by atoms with van der Waals surface area (Å²) in [7, 11) is 0. The van der Waals surface area contributed by atoms with Gasteiger partial charge in [-0.3, -0.25) is 9.78 Å². The van der Waals surface area contributed by atoms with E-state index in [1.807, 2.05) is 42.5 Å². The Labute approximate surface area is 191 Å². The van der Waals surface area contributed by atoms with Crippen molar-refractivity contribution in [2.75, 3.05) is 0 Å². The van der Waals surface area contributed by atoms with Crippen molar-refractivity contribution < 1.29 is 14.3 Å². The fourth-order valence-electron chi connectivity index (χ4n) is 5.90. The number of halogens is 1. The molecule has 2 N–H and O–H groups in total. The molecule has 3 aromatic carbocycles. The van der Waals surface area contributed by atoms with E-state index in [2.05, 4.69) is 10.3 Å². The normalized spacial score (nSPS) is 24.3. The summed E-state index contributed by atoms with van der Waals surface area (Å²) in [6, 6.07) is 18.5. The second-order valence-electron chi connectivity index (χ2n) is 9.59. The van der Waals surface area contributed by atoms with Crippen molar-refractivity contribution in [2.24, 2.45) is 11.8 Å². The van der Waals surface area contributed by atoms with Crippen LogP contribution in [0.3, 0.4) is 0 Å². The molecule has 0 radical (unpaired) electrons. The van der Waals surface area contributed by atoms with Gasteiger partial charge in [0.2, 0.25) is 0 Å². The number of carbonyl (C=O) groups excluding carboxylic acids is 1. The first-order valence-electron chi connectivity index (χ1n) is 11.6. The molecular formula is C28H25FN2O2. The van der Waals surface area contributed by atoms with Crippen molar-refractivity contribution in [3.8, 4) is 11.1 Å². The second kappa shape index (κ2) is 7.92. The number of benzene rings is 3. The number of nitrogens with one attached hydrogen (secondary N) is 1. The highest BCUT2D eigenvalue weighted by molar-refractivity contribution is 6.01. The maximum Gasteiger partial charge on any atom is 0.251 e. The van der Waals surface area contributed by atoms with Crippen LogP contribution in [-0.2, 0) is 0 Å². The number of hydrogen-bond acceptors (Lipinski definition) is 3. The number of aromatic nitrogens is 1. The summed E-state index contributed by atoms with van der Waals surface area (Å²) in [5.41, 5.74) is 3.06. The number of pyridine rings is 1. The maximum atomic E-state index is 14.2. The zero-order valence-electron chi connectivity index (χ0n) is 18.2. The summed E-state index contributed by atoms with van der Waals surface area (Å²) in [4.78, 5) is 17.3. The van der Waals surface area contributed by atoms with E-state index in [4.69, 9.17) is 0 Å². The molecule has 0 bridgehead atoms. The fraction of sp³-hybridized carbons (Fsp3) is 0.286. The van der Waals surface area contributed by atoms with Crippen LogP contribution in [0.15, 0.2) is 66.9 Å². The minimum atomic E-state index is -0.289. The Morgan fingerprint density at radius 1 is 0.909 bits per heavy atom. The van der Waals surface area contributed by atoms with Crippen molar-refractivity contribution in [2.45, 2.75) is 37.8 Å². The smallest absolute Gasteiger partial charge is 0.251 e. The minimum absolute atomic E-state index is 0.0492. The zero-order chi connectivity index (χ0) is 22.5. The van der Waals surface area contributed by atoms with Gasteiger partial charge in [0.05, 0.1) is 11.6 Å². The van der Waals surface area contributed by atoms with Gasteiger partial charge < -0.3 is 10.4 Å². The van der Waals surface area contributed by atoms with Crippen LogP contribution in [0, 0.1) is 17.7 Å². The van der Waals surface area contributed by atoms with Crippen LogP contribution in [0.4, 0.5) is 4.39 Å². The molecule has 166 valence electrons. The number of carbonyl (C=O) groups is 1. The summed E-state index contributed by atoms with van der Waals surface area (Å²) in [6.07, 6.45) is 5.20. The molecule has 4 nitrogen and oxygen atoms in total. The van der Waals surface area contributed by atoms with Gasteiger partial charge >= 0.3 is 0 Å². The van der Waals surface area contributed by atoms with Gasteiger partial charge in [0.1, 0.15) is 5.82 Å². The first kappa shape index (κ1) is 20.3. The highest BCUT2D eigenvalue weighted by Crippen LogP contribution is 2.44. The lowest BCUT2D eigenvalue weighted by Gasteiger charge is -2.15. The Kier molecular flexibility index (Phi) is 4.88. The van der Waals surface area contributed by atoms with Gasteiger partial charge in [-0.15, -0.1) is 0 Å². The molecule has 33 heavy (non-hydrogen) atoms. The molecule has 1 amide bonds. The Bertz CT molecular complexity index is 1370. The number of aliphatic hydroxyl groups excluding tert-OH is 1. The first-order chi connectivity index (χ1) is 16.0. The predicted molar refractivity (Wildman–Crippen MR) is 127 cm³/mol. The molecule has 2 fully saturated rings. The Balaban J connectivity index is 1.25. The van der Waals surface area contributed by atoms with Crippen LogP contribution in [0.25, 0.3) is 32.8 Å². The Morgan fingerprint density at radius 2 is 1.67 bits per heavy atom. The van der Waals surface area contributed by atoms with Gasteiger partial charge in [0.25, 0.3) is 5.91 Å². The second-order valence-corrected chi connectivity index (χ2v) is 9.59. The molecule has 5 heteroatoms. The van der Waals surface area contributed by atoms with E-state index in [-0.39, 0.29) is 23.9 Å². The van der Waals surface area contributed by atoms with Gasteiger partial charge in [-0.1, -0.05) is 24.3 Å². The average Bonchev–Trinajstić information content (AvgIpc) is 3.34. The molecule has 1 aromatic heterocycles. The third kappa shape index (κ3) is 3.76. The van der Waals surface area contributed by atoms with Crippen molar-refractivity contribution in [3.63, 3.8) is 0 Å². The van der Waals surface area contributed by atoms with Gasteiger partial charge in [-0.2, -0.15) is 0 Å². The number of nitrogens with zero attached hydrogens (tertiary/aromatic N) is 1. The van der Waals surface area contributed by atoms with Crippen molar-refractivity contribution >= 4 is 27.6 Å². The van der Waals surface area contributed by atoms with Crippen molar-refractivity contribution in [1.82, 2.24) is 10.3 Å². The number of rotatable bonds is 3. The maximum absolute atomic E-state index is 14.2. The average molecular weight is 441 g/mol. The fourth-order valence-corrected chi connectivity index (χ4v) is 5.90. The molecule has 4 atom stereocenters. The first-order valence-corrected chi connectivity index (χ1v) is 11.6.